The van der Waals surface area contributed by atoms with Crippen molar-refractivity contribution in [3.8, 4) is 0 Å². The van der Waals surface area contributed by atoms with Crippen LogP contribution in [0.2, 0.25) is 0 Å². The molecule has 4 rings (SSSR count). The van der Waals surface area contributed by atoms with Crippen LogP contribution in [0.15, 0.2) is 48.5 Å². The second kappa shape index (κ2) is 8.17. The SMILES string of the molecule is O=C(N[C@@H]1Cc2ccccc2[C@@H]1CS(=O)(=O)NCCO)c1cc2cc(F)ccc2[nH]1. The number of carbonyl (C=O) groups is 1. The first-order valence-corrected chi connectivity index (χ1v) is 11.3. The summed E-state index contributed by atoms with van der Waals surface area (Å²) in [6.07, 6.45) is 0.511. The van der Waals surface area contributed by atoms with E-state index in [0.29, 0.717) is 17.3 Å². The lowest BCUT2D eigenvalue weighted by atomic mass is 10.0. The zero-order valence-electron chi connectivity index (χ0n) is 16.1. The van der Waals surface area contributed by atoms with E-state index in [0.717, 1.165) is 11.1 Å². The molecule has 0 bridgehead atoms. The maximum Gasteiger partial charge on any atom is 0.267 e. The van der Waals surface area contributed by atoms with Gasteiger partial charge in [0, 0.05) is 29.4 Å². The molecule has 4 N–H and O–H groups in total. The summed E-state index contributed by atoms with van der Waals surface area (Å²) in [6, 6.07) is 12.9. The van der Waals surface area contributed by atoms with Crippen LogP contribution in [0, 0.1) is 5.82 Å². The van der Waals surface area contributed by atoms with Gasteiger partial charge < -0.3 is 15.4 Å². The summed E-state index contributed by atoms with van der Waals surface area (Å²) in [5.74, 6) is -1.40. The van der Waals surface area contributed by atoms with E-state index in [-0.39, 0.29) is 36.3 Å². The van der Waals surface area contributed by atoms with Crippen LogP contribution in [0.4, 0.5) is 4.39 Å². The second-order valence-electron chi connectivity index (χ2n) is 7.40. The number of fused-ring (bicyclic) bond motifs is 2. The summed E-state index contributed by atoms with van der Waals surface area (Å²) in [5, 5.41) is 12.4. The lowest BCUT2D eigenvalue weighted by Crippen LogP contribution is -2.42. The molecular weight excluding hydrogens is 409 g/mol. The van der Waals surface area contributed by atoms with Crippen molar-refractivity contribution < 1.29 is 22.7 Å². The molecule has 0 saturated carbocycles. The summed E-state index contributed by atoms with van der Waals surface area (Å²) in [4.78, 5) is 15.8. The van der Waals surface area contributed by atoms with Gasteiger partial charge in [-0.3, -0.25) is 4.79 Å². The molecule has 1 aliphatic carbocycles. The molecule has 158 valence electrons. The van der Waals surface area contributed by atoms with Gasteiger partial charge in [0.15, 0.2) is 0 Å². The average molecular weight is 431 g/mol. The monoisotopic (exact) mass is 431 g/mol. The van der Waals surface area contributed by atoms with E-state index in [1.807, 2.05) is 24.3 Å². The number of rotatable bonds is 7. The number of amides is 1. The van der Waals surface area contributed by atoms with Gasteiger partial charge in [-0.15, -0.1) is 0 Å². The Hall–Kier alpha value is -2.75. The third kappa shape index (κ3) is 4.23. The molecule has 0 radical (unpaired) electrons. The predicted molar refractivity (Wildman–Crippen MR) is 111 cm³/mol. The van der Waals surface area contributed by atoms with Crippen molar-refractivity contribution in [2.75, 3.05) is 18.9 Å². The molecule has 0 saturated heterocycles. The lowest BCUT2D eigenvalue weighted by molar-refractivity contribution is 0.0930. The van der Waals surface area contributed by atoms with Crippen LogP contribution >= 0.6 is 0 Å². The Kier molecular flexibility index (Phi) is 5.59. The molecule has 0 aliphatic heterocycles. The fourth-order valence-corrected chi connectivity index (χ4v) is 5.41. The molecular formula is C21H22FN3O4S. The van der Waals surface area contributed by atoms with Crippen LogP contribution in [0.1, 0.15) is 27.5 Å². The van der Waals surface area contributed by atoms with Crippen molar-refractivity contribution in [1.82, 2.24) is 15.0 Å². The molecule has 0 spiro atoms. The molecule has 1 aliphatic rings. The molecule has 2 aromatic carbocycles. The number of nitrogens with one attached hydrogen (secondary N) is 3. The highest BCUT2D eigenvalue weighted by molar-refractivity contribution is 7.89. The second-order valence-corrected chi connectivity index (χ2v) is 9.25. The van der Waals surface area contributed by atoms with E-state index in [9.17, 15) is 17.6 Å². The Morgan fingerprint density at radius 2 is 2.00 bits per heavy atom. The van der Waals surface area contributed by atoms with Crippen molar-refractivity contribution in [2.45, 2.75) is 18.4 Å². The van der Waals surface area contributed by atoms with Crippen LogP contribution in [0.25, 0.3) is 10.9 Å². The summed E-state index contributed by atoms with van der Waals surface area (Å²) in [5.41, 5.74) is 2.80. The van der Waals surface area contributed by atoms with Crippen molar-refractivity contribution in [3.63, 3.8) is 0 Å². The maximum atomic E-state index is 13.4. The molecule has 9 heteroatoms. The standard InChI is InChI=1S/C21H22FN3O4S/c22-15-5-6-18-14(9-15)11-20(24-18)21(27)25-19-10-13-3-1-2-4-16(13)17(19)12-30(28,29)23-7-8-26/h1-6,9,11,17,19,23-24,26H,7-8,10,12H2,(H,25,27)/t17-,19+/m0/s1. The van der Waals surface area contributed by atoms with Gasteiger partial charge >= 0.3 is 0 Å². The fourth-order valence-electron chi connectivity index (χ4n) is 4.00. The first-order valence-electron chi connectivity index (χ1n) is 9.61. The number of aliphatic hydroxyl groups is 1. The predicted octanol–water partition coefficient (Wildman–Crippen LogP) is 1.66. The van der Waals surface area contributed by atoms with Crippen molar-refractivity contribution in [1.29, 1.82) is 0 Å². The van der Waals surface area contributed by atoms with Gasteiger partial charge in [0.1, 0.15) is 11.5 Å². The average Bonchev–Trinajstić information content (AvgIpc) is 3.27. The highest BCUT2D eigenvalue weighted by atomic mass is 32.2. The number of halogens is 1. The first kappa shape index (κ1) is 20.5. The summed E-state index contributed by atoms with van der Waals surface area (Å²) in [7, 11) is -3.64. The van der Waals surface area contributed by atoms with Gasteiger partial charge in [0.25, 0.3) is 5.91 Å². The maximum absolute atomic E-state index is 13.4. The summed E-state index contributed by atoms with van der Waals surface area (Å²) in [6.45, 7) is -0.346. The quantitative estimate of drug-likeness (QED) is 0.456. The van der Waals surface area contributed by atoms with Crippen molar-refractivity contribution >= 4 is 26.8 Å². The number of aromatic nitrogens is 1. The van der Waals surface area contributed by atoms with Crippen LogP contribution in [0.5, 0.6) is 0 Å². The molecule has 30 heavy (non-hydrogen) atoms. The van der Waals surface area contributed by atoms with E-state index >= 15 is 0 Å². The number of hydrogen-bond acceptors (Lipinski definition) is 4. The number of hydrogen-bond donors (Lipinski definition) is 4. The lowest BCUT2D eigenvalue weighted by Gasteiger charge is -2.22. The van der Waals surface area contributed by atoms with Gasteiger partial charge in [-0.05, 0) is 41.8 Å². The Bertz CT molecular complexity index is 1190. The molecule has 7 nitrogen and oxygen atoms in total. The Labute approximate surface area is 173 Å². The van der Waals surface area contributed by atoms with Crippen molar-refractivity contribution in [3.05, 3.63) is 71.2 Å². The van der Waals surface area contributed by atoms with E-state index in [4.69, 9.17) is 5.11 Å². The minimum Gasteiger partial charge on any atom is -0.395 e. The largest absolute Gasteiger partial charge is 0.395 e. The number of aliphatic hydroxyl groups excluding tert-OH is 1. The molecule has 3 aromatic rings. The third-order valence-electron chi connectivity index (χ3n) is 5.36. The summed E-state index contributed by atoms with van der Waals surface area (Å²) < 4.78 is 40.7. The Morgan fingerprint density at radius 3 is 2.80 bits per heavy atom. The molecule has 0 unspecified atom stereocenters. The van der Waals surface area contributed by atoms with Gasteiger partial charge in [0.05, 0.1) is 12.4 Å². The van der Waals surface area contributed by atoms with E-state index in [1.165, 1.54) is 12.1 Å². The minimum atomic E-state index is -3.64. The fraction of sp³-hybridized carbons (Fsp3) is 0.286. The van der Waals surface area contributed by atoms with Gasteiger partial charge in [0.2, 0.25) is 10.0 Å². The van der Waals surface area contributed by atoms with E-state index in [1.54, 1.807) is 12.1 Å². The topological polar surface area (TPSA) is 111 Å². The minimum absolute atomic E-state index is 0.0562. The molecule has 1 aromatic heterocycles. The van der Waals surface area contributed by atoms with Crippen molar-refractivity contribution in [2.24, 2.45) is 0 Å². The third-order valence-corrected chi connectivity index (χ3v) is 6.80. The molecule has 2 atom stereocenters. The number of H-pyrrole nitrogens is 1. The number of benzene rings is 2. The zero-order valence-corrected chi connectivity index (χ0v) is 16.9. The molecule has 1 amide bonds. The van der Waals surface area contributed by atoms with E-state index < -0.39 is 22.0 Å². The first-order chi connectivity index (χ1) is 14.4. The number of sulfonamides is 1. The van der Waals surface area contributed by atoms with Crippen LogP contribution in [-0.4, -0.2) is 49.4 Å². The van der Waals surface area contributed by atoms with Crippen LogP contribution in [0.3, 0.4) is 0 Å². The smallest absolute Gasteiger partial charge is 0.267 e. The molecule has 0 fully saturated rings. The highest BCUT2D eigenvalue weighted by Crippen LogP contribution is 2.34. The summed E-state index contributed by atoms with van der Waals surface area (Å²) >= 11 is 0. The van der Waals surface area contributed by atoms with Gasteiger partial charge in [-0.25, -0.2) is 17.5 Å². The Morgan fingerprint density at radius 1 is 1.20 bits per heavy atom. The number of carbonyl (C=O) groups excluding carboxylic acids is 1. The Balaban J connectivity index is 1.57. The normalized spacial score (nSPS) is 18.5. The number of aromatic amines is 1. The van der Waals surface area contributed by atoms with Gasteiger partial charge in [-0.2, -0.15) is 0 Å². The zero-order chi connectivity index (χ0) is 21.3. The highest BCUT2D eigenvalue weighted by Gasteiger charge is 2.36. The van der Waals surface area contributed by atoms with Gasteiger partial charge in [-0.1, -0.05) is 24.3 Å². The van der Waals surface area contributed by atoms with Crippen LogP contribution in [-0.2, 0) is 16.4 Å². The molecule has 1 heterocycles. The van der Waals surface area contributed by atoms with Crippen LogP contribution < -0.4 is 10.0 Å². The van der Waals surface area contributed by atoms with E-state index in [2.05, 4.69) is 15.0 Å².